The second-order valence-corrected chi connectivity index (χ2v) is 5.83. The molecule has 17 heavy (non-hydrogen) atoms. The lowest BCUT2D eigenvalue weighted by Crippen LogP contribution is -2.55. The van der Waals surface area contributed by atoms with Gasteiger partial charge < -0.3 is 10.0 Å². The lowest BCUT2D eigenvalue weighted by atomic mass is 10.0. The van der Waals surface area contributed by atoms with Crippen molar-refractivity contribution >= 4 is 21.8 Å². The van der Waals surface area contributed by atoms with E-state index in [9.17, 15) is 9.90 Å². The van der Waals surface area contributed by atoms with Gasteiger partial charge in [-0.15, -0.1) is 0 Å². The third kappa shape index (κ3) is 2.00. The fourth-order valence-corrected chi connectivity index (χ4v) is 3.06. The number of likely N-dealkylation sites (tertiary alicyclic amines) is 1. The van der Waals surface area contributed by atoms with Gasteiger partial charge in [-0.3, -0.25) is 4.79 Å². The molecule has 0 aromatic heterocycles. The number of carbonyl (C=O) groups is 1. The molecule has 2 aliphatic rings. The molecule has 0 radical (unpaired) electrons. The SMILES string of the molecule is O=C(C1Cc2ccc(Br)cc2C1)N1CC(O)C1. The van der Waals surface area contributed by atoms with E-state index < -0.39 is 0 Å². The van der Waals surface area contributed by atoms with Crippen LogP contribution in [-0.2, 0) is 17.6 Å². The van der Waals surface area contributed by atoms with E-state index in [1.54, 1.807) is 4.90 Å². The van der Waals surface area contributed by atoms with E-state index in [1.807, 2.05) is 6.07 Å². The first-order chi connectivity index (χ1) is 8.13. The van der Waals surface area contributed by atoms with Gasteiger partial charge in [-0.2, -0.15) is 0 Å². The van der Waals surface area contributed by atoms with Gasteiger partial charge in [0, 0.05) is 23.5 Å². The molecule has 1 aliphatic heterocycles. The van der Waals surface area contributed by atoms with Crippen molar-refractivity contribution in [2.45, 2.75) is 18.9 Å². The average molecular weight is 296 g/mol. The number of benzene rings is 1. The molecule has 1 aromatic rings. The van der Waals surface area contributed by atoms with E-state index in [0.717, 1.165) is 17.3 Å². The third-order valence-electron chi connectivity index (χ3n) is 3.62. The van der Waals surface area contributed by atoms with Crippen molar-refractivity contribution in [3.8, 4) is 0 Å². The van der Waals surface area contributed by atoms with E-state index in [4.69, 9.17) is 0 Å². The summed E-state index contributed by atoms with van der Waals surface area (Å²) in [6.45, 7) is 1.02. The highest BCUT2D eigenvalue weighted by molar-refractivity contribution is 9.10. The van der Waals surface area contributed by atoms with Crippen molar-refractivity contribution in [1.29, 1.82) is 0 Å². The first kappa shape index (κ1) is 11.2. The molecule has 3 nitrogen and oxygen atoms in total. The van der Waals surface area contributed by atoms with Crippen LogP contribution in [0, 0.1) is 5.92 Å². The summed E-state index contributed by atoms with van der Waals surface area (Å²) < 4.78 is 1.07. The number of rotatable bonds is 1. The van der Waals surface area contributed by atoms with E-state index in [2.05, 4.69) is 28.1 Å². The molecule has 1 saturated heterocycles. The third-order valence-corrected chi connectivity index (χ3v) is 4.12. The minimum absolute atomic E-state index is 0.0757. The summed E-state index contributed by atoms with van der Waals surface area (Å²) in [5, 5.41) is 9.22. The monoisotopic (exact) mass is 295 g/mol. The van der Waals surface area contributed by atoms with Crippen molar-refractivity contribution in [3.63, 3.8) is 0 Å². The lowest BCUT2D eigenvalue weighted by molar-refractivity contribution is -0.145. The minimum atomic E-state index is -0.308. The Labute approximate surface area is 109 Å². The van der Waals surface area contributed by atoms with Gasteiger partial charge >= 0.3 is 0 Å². The predicted octanol–water partition coefficient (Wildman–Crippen LogP) is 1.37. The van der Waals surface area contributed by atoms with Crippen LogP contribution in [0.1, 0.15) is 11.1 Å². The Morgan fingerprint density at radius 3 is 2.71 bits per heavy atom. The van der Waals surface area contributed by atoms with Crippen molar-refractivity contribution in [2.24, 2.45) is 5.92 Å². The maximum absolute atomic E-state index is 12.1. The molecule has 1 aliphatic carbocycles. The number of halogens is 1. The second-order valence-electron chi connectivity index (χ2n) is 4.92. The van der Waals surface area contributed by atoms with Crippen LogP contribution in [0.4, 0.5) is 0 Å². The predicted molar refractivity (Wildman–Crippen MR) is 67.6 cm³/mol. The summed E-state index contributed by atoms with van der Waals surface area (Å²) in [7, 11) is 0. The number of fused-ring (bicyclic) bond motifs is 1. The van der Waals surface area contributed by atoms with Crippen molar-refractivity contribution < 1.29 is 9.90 Å². The van der Waals surface area contributed by atoms with Gasteiger partial charge in [0.05, 0.1) is 6.10 Å². The van der Waals surface area contributed by atoms with Gasteiger partial charge in [-0.25, -0.2) is 0 Å². The summed E-state index contributed by atoms with van der Waals surface area (Å²) >= 11 is 3.46. The number of β-amino-alcohol motifs (C(OH)–C–C–N with tert-alkyl or cyclic N) is 1. The molecule has 1 heterocycles. The Kier molecular flexibility index (Phi) is 2.71. The maximum Gasteiger partial charge on any atom is 0.226 e. The van der Waals surface area contributed by atoms with Crippen molar-refractivity contribution in [1.82, 2.24) is 4.90 Å². The van der Waals surface area contributed by atoms with Gasteiger partial charge in [-0.1, -0.05) is 22.0 Å². The Balaban J connectivity index is 1.71. The smallest absolute Gasteiger partial charge is 0.226 e. The van der Waals surface area contributed by atoms with Crippen LogP contribution in [0.2, 0.25) is 0 Å². The number of hydrogen-bond acceptors (Lipinski definition) is 2. The molecular weight excluding hydrogens is 282 g/mol. The first-order valence-corrected chi connectivity index (χ1v) is 6.67. The number of nitrogens with zero attached hydrogens (tertiary/aromatic N) is 1. The highest BCUT2D eigenvalue weighted by Crippen LogP contribution is 2.31. The van der Waals surface area contributed by atoms with E-state index >= 15 is 0 Å². The van der Waals surface area contributed by atoms with Gasteiger partial charge in [-0.05, 0) is 36.1 Å². The van der Waals surface area contributed by atoms with Crippen LogP contribution in [0.25, 0.3) is 0 Å². The molecule has 4 heteroatoms. The number of amides is 1. The van der Waals surface area contributed by atoms with Gasteiger partial charge in [0.1, 0.15) is 0 Å². The van der Waals surface area contributed by atoms with Crippen molar-refractivity contribution in [3.05, 3.63) is 33.8 Å². The molecule has 0 saturated carbocycles. The minimum Gasteiger partial charge on any atom is -0.389 e. The molecule has 1 fully saturated rings. The van der Waals surface area contributed by atoms with Gasteiger partial charge in [0.2, 0.25) is 5.91 Å². The van der Waals surface area contributed by atoms with Crippen LogP contribution >= 0.6 is 15.9 Å². The second kappa shape index (κ2) is 4.10. The van der Waals surface area contributed by atoms with Crippen molar-refractivity contribution in [2.75, 3.05) is 13.1 Å². The lowest BCUT2D eigenvalue weighted by Gasteiger charge is -2.37. The van der Waals surface area contributed by atoms with Crippen LogP contribution in [0.3, 0.4) is 0 Å². The molecule has 1 N–H and O–H groups in total. The van der Waals surface area contributed by atoms with E-state index in [0.29, 0.717) is 13.1 Å². The van der Waals surface area contributed by atoms with Crippen LogP contribution in [0.15, 0.2) is 22.7 Å². The summed E-state index contributed by atoms with van der Waals surface area (Å²) in [5.41, 5.74) is 2.56. The molecule has 1 unspecified atom stereocenters. The number of carbonyl (C=O) groups excluding carboxylic acids is 1. The van der Waals surface area contributed by atoms with Gasteiger partial charge in [0.25, 0.3) is 0 Å². The Hall–Kier alpha value is -0.870. The molecule has 3 rings (SSSR count). The van der Waals surface area contributed by atoms with Crippen LogP contribution < -0.4 is 0 Å². The molecular formula is C13H14BrNO2. The Morgan fingerprint density at radius 2 is 2.00 bits per heavy atom. The zero-order valence-electron chi connectivity index (χ0n) is 9.40. The largest absolute Gasteiger partial charge is 0.389 e. The maximum atomic E-state index is 12.1. The molecule has 0 spiro atoms. The summed E-state index contributed by atoms with van der Waals surface area (Å²) in [4.78, 5) is 13.9. The zero-order valence-corrected chi connectivity index (χ0v) is 11.0. The first-order valence-electron chi connectivity index (χ1n) is 5.87. The highest BCUT2D eigenvalue weighted by Gasteiger charge is 2.36. The Bertz CT molecular complexity index is 468. The van der Waals surface area contributed by atoms with Gasteiger partial charge in [0.15, 0.2) is 0 Å². The highest BCUT2D eigenvalue weighted by atomic mass is 79.9. The molecule has 1 atom stereocenters. The molecule has 0 bridgehead atoms. The van der Waals surface area contributed by atoms with Crippen LogP contribution in [-0.4, -0.2) is 35.1 Å². The number of aliphatic hydroxyl groups is 1. The van der Waals surface area contributed by atoms with E-state index in [1.165, 1.54) is 11.1 Å². The normalized spacial score (nSPS) is 23.4. The fourth-order valence-electron chi connectivity index (χ4n) is 2.65. The molecule has 90 valence electrons. The number of hydrogen-bond donors (Lipinski definition) is 1. The average Bonchev–Trinajstić information content (AvgIpc) is 2.66. The summed E-state index contributed by atoms with van der Waals surface area (Å²) in [5.74, 6) is 0.273. The topological polar surface area (TPSA) is 40.5 Å². The summed E-state index contributed by atoms with van der Waals surface area (Å²) in [6.07, 6.45) is 1.37. The zero-order chi connectivity index (χ0) is 12.0. The van der Waals surface area contributed by atoms with E-state index in [-0.39, 0.29) is 17.9 Å². The van der Waals surface area contributed by atoms with Crippen LogP contribution in [0.5, 0.6) is 0 Å². The summed E-state index contributed by atoms with van der Waals surface area (Å²) in [6, 6.07) is 6.23. The fraction of sp³-hybridized carbons (Fsp3) is 0.462. The molecule has 1 amide bonds. The standard InChI is InChI=1S/C13H14BrNO2/c14-11-2-1-8-3-10(4-9(8)5-11)13(17)15-6-12(16)7-15/h1-2,5,10,12,16H,3-4,6-7H2. The Morgan fingerprint density at radius 1 is 1.29 bits per heavy atom. The molecule has 1 aromatic carbocycles. The number of aliphatic hydroxyl groups excluding tert-OH is 1. The quantitative estimate of drug-likeness (QED) is 0.850.